The molecule has 0 saturated carbocycles. The van der Waals surface area contributed by atoms with E-state index >= 15 is 0 Å². The number of nitrogens with one attached hydrogen (secondary N) is 1. The van der Waals surface area contributed by atoms with Crippen LogP contribution in [0.5, 0.6) is 0 Å². The minimum atomic E-state index is -4.51. The Morgan fingerprint density at radius 3 is 2.37 bits per heavy atom. The van der Waals surface area contributed by atoms with Gasteiger partial charge in [0.05, 0.1) is 10.8 Å². The van der Waals surface area contributed by atoms with Crippen molar-refractivity contribution in [3.63, 3.8) is 0 Å². The topological polar surface area (TPSA) is 101 Å². The lowest BCUT2D eigenvalue weighted by molar-refractivity contribution is -0.124. The van der Waals surface area contributed by atoms with E-state index in [1.165, 1.54) is 6.07 Å². The predicted molar refractivity (Wildman–Crippen MR) is 105 cm³/mol. The van der Waals surface area contributed by atoms with Gasteiger partial charge in [0.25, 0.3) is 10.0 Å². The highest BCUT2D eigenvalue weighted by molar-refractivity contribution is 7.90. The monoisotopic (exact) mass is 478 g/mol. The smallest absolute Gasteiger partial charge is 0.266 e. The van der Waals surface area contributed by atoms with Crippen LogP contribution in [0.2, 0.25) is 5.02 Å². The minimum absolute atomic E-state index is 0.00769. The number of halogens is 3. The first kappa shape index (κ1) is 22.6. The summed E-state index contributed by atoms with van der Waals surface area (Å²) in [7, 11) is -8.50. The van der Waals surface area contributed by atoms with Crippen LogP contribution in [0.25, 0.3) is 0 Å². The van der Waals surface area contributed by atoms with Crippen LogP contribution in [-0.4, -0.2) is 40.1 Å². The Labute approximate surface area is 177 Å². The molecule has 7 nitrogen and oxygen atoms in total. The van der Waals surface area contributed by atoms with E-state index in [0.29, 0.717) is 6.42 Å². The molecule has 1 unspecified atom stereocenters. The molecule has 1 heterocycles. The fourth-order valence-corrected chi connectivity index (χ4v) is 5.88. The number of amides is 1. The maximum absolute atomic E-state index is 13.9. The molecule has 1 saturated heterocycles. The van der Waals surface area contributed by atoms with Crippen molar-refractivity contribution in [3.8, 4) is 0 Å². The van der Waals surface area contributed by atoms with Gasteiger partial charge in [0.2, 0.25) is 15.9 Å². The fourth-order valence-electron chi connectivity index (χ4n) is 3.09. The maximum atomic E-state index is 13.9. The summed E-state index contributed by atoms with van der Waals surface area (Å²) in [6.07, 6.45) is 0.563. The summed E-state index contributed by atoms with van der Waals surface area (Å²) in [6, 6.07) is 7.14. The molecule has 0 aromatic heterocycles. The molecule has 1 aliphatic heterocycles. The standard InChI is InChI=1S/C18H17ClF2N2O5S2/c19-13-3-8-17(16(21)10-13)29(25,26)22-18(24)12-2-1-9-23(11-12)30(27,28)15-6-4-14(20)5-7-15/h3-8,10,12H,1-2,9,11H2,(H,22,24). The van der Waals surface area contributed by atoms with Crippen LogP contribution < -0.4 is 4.72 Å². The van der Waals surface area contributed by atoms with Gasteiger partial charge in [-0.3, -0.25) is 4.79 Å². The Bertz CT molecular complexity index is 1170. The molecule has 30 heavy (non-hydrogen) atoms. The lowest BCUT2D eigenvalue weighted by Crippen LogP contribution is -2.46. The summed E-state index contributed by atoms with van der Waals surface area (Å²) < 4.78 is 80.1. The van der Waals surface area contributed by atoms with Crippen molar-refractivity contribution in [2.75, 3.05) is 13.1 Å². The number of carbonyl (C=O) groups is 1. The summed E-state index contributed by atoms with van der Waals surface area (Å²) in [5.41, 5.74) is 0. The molecular weight excluding hydrogens is 462 g/mol. The molecule has 2 aromatic carbocycles. The zero-order valence-electron chi connectivity index (χ0n) is 15.4. The number of sulfonamides is 2. The number of piperidine rings is 1. The van der Waals surface area contributed by atoms with Gasteiger partial charge in [-0.2, -0.15) is 4.31 Å². The third-order valence-electron chi connectivity index (χ3n) is 4.62. The van der Waals surface area contributed by atoms with Gasteiger partial charge in [0.1, 0.15) is 16.5 Å². The van der Waals surface area contributed by atoms with Crippen LogP contribution >= 0.6 is 11.6 Å². The van der Waals surface area contributed by atoms with Crippen molar-refractivity contribution in [1.29, 1.82) is 0 Å². The van der Waals surface area contributed by atoms with E-state index in [-0.39, 0.29) is 29.4 Å². The Morgan fingerprint density at radius 1 is 1.07 bits per heavy atom. The molecule has 0 aliphatic carbocycles. The largest absolute Gasteiger partial charge is 0.274 e. The van der Waals surface area contributed by atoms with Crippen molar-refractivity contribution >= 4 is 37.6 Å². The molecule has 1 N–H and O–H groups in total. The van der Waals surface area contributed by atoms with Gasteiger partial charge in [0.15, 0.2) is 0 Å². The highest BCUT2D eigenvalue weighted by Gasteiger charge is 2.35. The minimum Gasteiger partial charge on any atom is -0.274 e. The van der Waals surface area contributed by atoms with Gasteiger partial charge in [-0.1, -0.05) is 11.6 Å². The molecule has 0 radical (unpaired) electrons. The van der Waals surface area contributed by atoms with Crippen molar-refractivity contribution in [1.82, 2.24) is 9.03 Å². The number of hydrogen-bond donors (Lipinski definition) is 1. The van der Waals surface area contributed by atoms with Gasteiger partial charge in [0, 0.05) is 18.1 Å². The van der Waals surface area contributed by atoms with E-state index in [9.17, 15) is 30.4 Å². The van der Waals surface area contributed by atoms with E-state index in [2.05, 4.69) is 0 Å². The molecule has 1 atom stereocenters. The second-order valence-electron chi connectivity index (χ2n) is 6.70. The third kappa shape index (κ3) is 4.80. The van der Waals surface area contributed by atoms with Crippen molar-refractivity contribution in [2.45, 2.75) is 22.6 Å². The zero-order chi connectivity index (χ0) is 22.1. The van der Waals surface area contributed by atoms with Crippen LogP contribution in [0, 0.1) is 17.6 Å². The lowest BCUT2D eigenvalue weighted by atomic mass is 9.99. The summed E-state index contributed by atoms with van der Waals surface area (Å²) in [5.74, 6) is -3.61. The first-order chi connectivity index (χ1) is 14.0. The van der Waals surface area contributed by atoms with E-state index in [0.717, 1.165) is 40.7 Å². The number of rotatable bonds is 5. The SMILES string of the molecule is O=C(NS(=O)(=O)c1ccc(Cl)cc1F)C1CCCN(S(=O)(=O)c2ccc(F)cc2)C1. The summed E-state index contributed by atoms with van der Waals surface area (Å²) >= 11 is 5.61. The molecule has 1 aliphatic rings. The van der Waals surface area contributed by atoms with E-state index < -0.39 is 48.4 Å². The first-order valence-electron chi connectivity index (χ1n) is 8.78. The number of nitrogens with zero attached hydrogens (tertiary/aromatic N) is 1. The van der Waals surface area contributed by atoms with Crippen LogP contribution in [0.3, 0.4) is 0 Å². The van der Waals surface area contributed by atoms with Gasteiger partial charge in [-0.25, -0.2) is 30.3 Å². The number of carbonyl (C=O) groups excluding carboxylic acids is 1. The Hall–Kier alpha value is -2.08. The molecule has 3 rings (SSSR count). The Morgan fingerprint density at radius 2 is 1.73 bits per heavy atom. The quantitative estimate of drug-likeness (QED) is 0.711. The van der Waals surface area contributed by atoms with E-state index in [1.54, 1.807) is 4.72 Å². The highest BCUT2D eigenvalue weighted by atomic mass is 35.5. The zero-order valence-corrected chi connectivity index (χ0v) is 17.8. The molecule has 1 amide bonds. The molecule has 12 heteroatoms. The molecule has 162 valence electrons. The van der Waals surface area contributed by atoms with Gasteiger partial charge in [-0.15, -0.1) is 0 Å². The molecule has 0 spiro atoms. The normalized spacial score (nSPS) is 18.2. The third-order valence-corrected chi connectivity index (χ3v) is 8.12. The highest BCUT2D eigenvalue weighted by Crippen LogP contribution is 2.25. The number of benzene rings is 2. The van der Waals surface area contributed by atoms with Crippen LogP contribution in [0.15, 0.2) is 52.3 Å². The second-order valence-corrected chi connectivity index (χ2v) is 10.7. The fraction of sp³-hybridized carbons (Fsp3) is 0.278. The van der Waals surface area contributed by atoms with Gasteiger partial charge >= 0.3 is 0 Å². The summed E-state index contributed by atoms with van der Waals surface area (Å²) in [5, 5.41) is -0.00769. The van der Waals surface area contributed by atoms with Crippen molar-refractivity contribution in [2.24, 2.45) is 5.92 Å². The van der Waals surface area contributed by atoms with Gasteiger partial charge in [-0.05, 0) is 55.3 Å². The number of hydrogen-bond acceptors (Lipinski definition) is 5. The van der Waals surface area contributed by atoms with E-state index in [4.69, 9.17) is 11.6 Å². The Balaban J connectivity index is 1.76. The van der Waals surface area contributed by atoms with Crippen molar-refractivity contribution in [3.05, 3.63) is 59.1 Å². The molecule has 2 aromatic rings. The predicted octanol–water partition coefficient (Wildman–Crippen LogP) is 2.52. The summed E-state index contributed by atoms with van der Waals surface area (Å²) in [6.45, 7) is -0.133. The maximum Gasteiger partial charge on any atom is 0.266 e. The average molecular weight is 479 g/mol. The van der Waals surface area contributed by atoms with Gasteiger partial charge < -0.3 is 0 Å². The van der Waals surface area contributed by atoms with Crippen LogP contribution in [0.4, 0.5) is 8.78 Å². The average Bonchev–Trinajstić information content (AvgIpc) is 2.67. The van der Waals surface area contributed by atoms with Crippen LogP contribution in [-0.2, 0) is 24.8 Å². The summed E-state index contributed by atoms with van der Waals surface area (Å²) in [4.78, 5) is 11.6. The molecule has 0 bridgehead atoms. The van der Waals surface area contributed by atoms with E-state index in [1.807, 2.05) is 0 Å². The molecule has 1 fully saturated rings. The first-order valence-corrected chi connectivity index (χ1v) is 12.1. The second kappa shape index (κ2) is 8.58. The Kier molecular flexibility index (Phi) is 6.46. The van der Waals surface area contributed by atoms with Crippen molar-refractivity contribution < 1.29 is 30.4 Å². The lowest BCUT2D eigenvalue weighted by Gasteiger charge is -2.31. The van der Waals surface area contributed by atoms with Crippen LogP contribution in [0.1, 0.15) is 12.8 Å². The molecular formula is C18H17ClF2N2O5S2.